The maximum Gasteiger partial charge on any atom is 0.0601 e. The molecule has 2 heteroatoms. The van der Waals surface area contributed by atoms with Crippen molar-refractivity contribution in [2.75, 3.05) is 13.1 Å². The zero-order valence-corrected chi connectivity index (χ0v) is 10.4. The van der Waals surface area contributed by atoms with Crippen molar-refractivity contribution in [2.45, 2.75) is 32.2 Å². The summed E-state index contributed by atoms with van der Waals surface area (Å²) in [6.07, 6.45) is 10.8. The van der Waals surface area contributed by atoms with E-state index in [1.165, 1.54) is 25.1 Å². The number of hydrogen-bond donors (Lipinski definition) is 1. The lowest BCUT2D eigenvalue weighted by Gasteiger charge is -2.33. The van der Waals surface area contributed by atoms with E-state index in [0.717, 1.165) is 30.8 Å². The molecule has 2 nitrogen and oxygen atoms in total. The normalized spacial score (nSPS) is 38.5. The smallest absolute Gasteiger partial charge is 0.0601 e. The maximum atomic E-state index is 3.61. The van der Waals surface area contributed by atoms with E-state index in [0.29, 0.717) is 0 Å². The molecule has 1 saturated heterocycles. The molecule has 2 aliphatic carbocycles. The Morgan fingerprint density at radius 3 is 3.24 bits per heavy atom. The van der Waals surface area contributed by atoms with Crippen molar-refractivity contribution in [2.24, 2.45) is 11.8 Å². The van der Waals surface area contributed by atoms with Gasteiger partial charge in [-0.25, -0.2) is 0 Å². The molecule has 0 spiro atoms. The summed E-state index contributed by atoms with van der Waals surface area (Å²) >= 11 is 0. The van der Waals surface area contributed by atoms with Crippen LogP contribution in [0, 0.1) is 11.8 Å². The van der Waals surface area contributed by atoms with Crippen LogP contribution in [-0.4, -0.2) is 24.0 Å². The number of allylic oxidation sites excluding steroid dienone is 4. The summed E-state index contributed by atoms with van der Waals surface area (Å²) in [6.45, 7) is 4.74. The van der Waals surface area contributed by atoms with Crippen molar-refractivity contribution in [3.63, 3.8) is 0 Å². The van der Waals surface area contributed by atoms with Crippen molar-refractivity contribution in [1.82, 2.24) is 10.2 Å². The molecule has 2 aliphatic heterocycles. The number of rotatable bonds is 0. The Bertz CT molecular complexity index is 444. The SMILES string of the molecule is CC1CC2C3=CC=CCC4=C3N(CCN4)C2C1. The van der Waals surface area contributed by atoms with E-state index in [-0.39, 0.29) is 0 Å². The zero-order valence-electron chi connectivity index (χ0n) is 10.4. The fourth-order valence-electron chi connectivity index (χ4n) is 4.21. The predicted octanol–water partition coefficient (Wildman–Crippen LogP) is 2.42. The Morgan fingerprint density at radius 1 is 1.35 bits per heavy atom. The van der Waals surface area contributed by atoms with Crippen LogP contribution in [0.1, 0.15) is 26.2 Å². The number of hydrogen-bond acceptors (Lipinski definition) is 2. The molecule has 3 atom stereocenters. The summed E-state index contributed by atoms with van der Waals surface area (Å²) in [6, 6.07) is 0.801. The fourth-order valence-corrected chi connectivity index (χ4v) is 4.21. The summed E-state index contributed by atoms with van der Waals surface area (Å²) in [5, 5.41) is 3.61. The van der Waals surface area contributed by atoms with Gasteiger partial charge in [0.2, 0.25) is 0 Å². The van der Waals surface area contributed by atoms with Gasteiger partial charge in [0.25, 0.3) is 0 Å². The van der Waals surface area contributed by atoms with Gasteiger partial charge in [-0.1, -0.05) is 25.2 Å². The first-order valence-corrected chi connectivity index (χ1v) is 6.95. The van der Waals surface area contributed by atoms with Crippen LogP contribution in [0.2, 0.25) is 0 Å². The quantitative estimate of drug-likeness (QED) is 0.685. The molecule has 0 aromatic heterocycles. The summed E-state index contributed by atoms with van der Waals surface area (Å²) < 4.78 is 0. The van der Waals surface area contributed by atoms with Gasteiger partial charge in [0.05, 0.1) is 5.70 Å². The Hall–Kier alpha value is -1.18. The minimum atomic E-state index is 0.801. The molecule has 3 unspecified atom stereocenters. The molecule has 0 aromatic rings. The highest BCUT2D eigenvalue weighted by atomic mass is 15.3. The zero-order chi connectivity index (χ0) is 11.4. The molecule has 1 saturated carbocycles. The van der Waals surface area contributed by atoms with Gasteiger partial charge in [-0.2, -0.15) is 0 Å². The summed E-state index contributed by atoms with van der Waals surface area (Å²) in [5.41, 5.74) is 4.65. The number of nitrogens with one attached hydrogen (secondary N) is 1. The molecule has 0 radical (unpaired) electrons. The molecule has 4 rings (SSSR count). The van der Waals surface area contributed by atoms with E-state index in [1.807, 2.05) is 0 Å². The molecule has 1 N–H and O–H groups in total. The average molecular weight is 228 g/mol. The van der Waals surface area contributed by atoms with E-state index in [4.69, 9.17) is 0 Å². The second kappa shape index (κ2) is 3.41. The van der Waals surface area contributed by atoms with Gasteiger partial charge in [0, 0.05) is 37.2 Å². The first-order chi connectivity index (χ1) is 8.34. The molecular formula is C15H20N2. The van der Waals surface area contributed by atoms with Crippen LogP contribution in [0.4, 0.5) is 0 Å². The highest BCUT2D eigenvalue weighted by Crippen LogP contribution is 2.50. The maximum absolute atomic E-state index is 3.61. The van der Waals surface area contributed by atoms with Crippen LogP contribution in [0.3, 0.4) is 0 Å². The number of nitrogens with zero attached hydrogens (tertiary/aromatic N) is 1. The van der Waals surface area contributed by atoms with Crippen LogP contribution in [0.25, 0.3) is 0 Å². The molecular weight excluding hydrogens is 208 g/mol. The van der Waals surface area contributed by atoms with Gasteiger partial charge in [-0.3, -0.25) is 0 Å². The van der Waals surface area contributed by atoms with E-state index in [2.05, 4.69) is 35.4 Å². The molecule has 2 heterocycles. The van der Waals surface area contributed by atoms with Crippen molar-refractivity contribution in [3.8, 4) is 0 Å². The van der Waals surface area contributed by atoms with Crippen molar-refractivity contribution >= 4 is 0 Å². The number of fused-ring (bicyclic) bond motifs is 3. The van der Waals surface area contributed by atoms with Crippen molar-refractivity contribution in [1.29, 1.82) is 0 Å². The summed E-state index contributed by atoms with van der Waals surface area (Å²) in [7, 11) is 0. The van der Waals surface area contributed by atoms with Crippen molar-refractivity contribution < 1.29 is 0 Å². The second-order valence-electron chi connectivity index (χ2n) is 5.95. The van der Waals surface area contributed by atoms with Gasteiger partial charge in [-0.05, 0) is 24.3 Å². The van der Waals surface area contributed by atoms with Gasteiger partial charge < -0.3 is 10.2 Å². The van der Waals surface area contributed by atoms with Crippen LogP contribution < -0.4 is 5.32 Å². The van der Waals surface area contributed by atoms with Gasteiger partial charge in [0.1, 0.15) is 0 Å². The monoisotopic (exact) mass is 228 g/mol. The molecule has 0 amide bonds. The molecule has 2 fully saturated rings. The van der Waals surface area contributed by atoms with Gasteiger partial charge in [0.15, 0.2) is 0 Å². The summed E-state index contributed by atoms with van der Waals surface area (Å²) in [5.74, 6) is 1.70. The van der Waals surface area contributed by atoms with Crippen LogP contribution >= 0.6 is 0 Å². The third-order valence-corrected chi connectivity index (χ3v) is 4.84. The lowest BCUT2D eigenvalue weighted by atomic mass is 9.95. The van der Waals surface area contributed by atoms with E-state index in [1.54, 1.807) is 11.3 Å². The topological polar surface area (TPSA) is 15.3 Å². The third-order valence-electron chi connectivity index (χ3n) is 4.84. The molecule has 17 heavy (non-hydrogen) atoms. The van der Waals surface area contributed by atoms with Gasteiger partial charge in [-0.15, -0.1) is 0 Å². The fraction of sp³-hybridized carbons (Fsp3) is 0.600. The molecule has 90 valence electrons. The van der Waals surface area contributed by atoms with E-state index in [9.17, 15) is 0 Å². The predicted molar refractivity (Wildman–Crippen MR) is 69.3 cm³/mol. The Morgan fingerprint density at radius 2 is 2.29 bits per heavy atom. The van der Waals surface area contributed by atoms with Crippen LogP contribution in [0.5, 0.6) is 0 Å². The molecule has 4 aliphatic rings. The Labute approximate surface area is 103 Å². The first kappa shape index (κ1) is 9.81. The van der Waals surface area contributed by atoms with E-state index < -0.39 is 0 Å². The first-order valence-electron chi connectivity index (χ1n) is 6.95. The lowest BCUT2D eigenvalue weighted by molar-refractivity contribution is 0.256. The molecule has 0 aromatic carbocycles. The Kier molecular flexibility index (Phi) is 1.97. The summed E-state index contributed by atoms with van der Waals surface area (Å²) in [4.78, 5) is 2.71. The highest BCUT2D eigenvalue weighted by Gasteiger charge is 2.47. The minimum Gasteiger partial charge on any atom is -0.385 e. The minimum absolute atomic E-state index is 0.801. The van der Waals surface area contributed by atoms with Crippen LogP contribution in [-0.2, 0) is 0 Å². The van der Waals surface area contributed by atoms with E-state index >= 15 is 0 Å². The largest absolute Gasteiger partial charge is 0.385 e. The highest BCUT2D eigenvalue weighted by molar-refractivity contribution is 5.47. The lowest BCUT2D eigenvalue weighted by Crippen LogP contribution is -2.40. The van der Waals surface area contributed by atoms with Crippen LogP contribution in [0.15, 0.2) is 35.2 Å². The Balaban J connectivity index is 1.85. The van der Waals surface area contributed by atoms with Gasteiger partial charge >= 0.3 is 0 Å². The standard InChI is InChI=1S/C15H20N2/c1-10-8-12-11-4-2-3-5-13-15(11)17(7-6-16-13)14(12)9-10/h2-4,10,12,14,16H,5-9H2,1H3. The second-order valence-corrected chi connectivity index (χ2v) is 5.95. The average Bonchev–Trinajstić information content (AvgIpc) is 2.73. The van der Waals surface area contributed by atoms with Crippen molar-refractivity contribution in [3.05, 3.63) is 35.2 Å². The third kappa shape index (κ3) is 1.27. The molecule has 0 bridgehead atoms.